The van der Waals surface area contributed by atoms with Crippen LogP contribution < -0.4 is 5.32 Å². The lowest BCUT2D eigenvalue weighted by atomic mass is 10.1. The summed E-state index contributed by atoms with van der Waals surface area (Å²) in [7, 11) is 0. The highest BCUT2D eigenvalue weighted by atomic mass is 35.5. The predicted octanol–water partition coefficient (Wildman–Crippen LogP) is 4.10. The van der Waals surface area contributed by atoms with Gasteiger partial charge in [-0.1, -0.05) is 29.8 Å². The molecular formula is C16H18ClNO. The standard InChI is InChI=1S/C16H18ClNO/c1-11-6-12(2)8-15(7-11)18-10-16(19)13-4-3-5-14(17)9-13/h3-9,16,18-19H,10H2,1-2H3. The van der Waals surface area contributed by atoms with Crippen LogP contribution in [0.1, 0.15) is 22.8 Å². The van der Waals surface area contributed by atoms with Crippen LogP contribution in [0.5, 0.6) is 0 Å². The number of hydrogen-bond acceptors (Lipinski definition) is 2. The normalized spacial score (nSPS) is 12.2. The first kappa shape index (κ1) is 13.9. The molecule has 2 aromatic rings. The summed E-state index contributed by atoms with van der Waals surface area (Å²) in [5.41, 5.74) is 4.27. The van der Waals surface area contributed by atoms with E-state index in [2.05, 4.69) is 37.4 Å². The van der Waals surface area contributed by atoms with E-state index < -0.39 is 6.10 Å². The molecule has 3 heteroatoms. The highest BCUT2D eigenvalue weighted by Gasteiger charge is 2.07. The first-order valence-electron chi connectivity index (χ1n) is 6.30. The Kier molecular flexibility index (Phi) is 4.46. The zero-order valence-corrected chi connectivity index (χ0v) is 11.9. The first-order valence-corrected chi connectivity index (χ1v) is 6.68. The number of aliphatic hydroxyl groups excluding tert-OH is 1. The van der Waals surface area contributed by atoms with Crippen molar-refractivity contribution in [3.63, 3.8) is 0 Å². The van der Waals surface area contributed by atoms with E-state index >= 15 is 0 Å². The average molecular weight is 276 g/mol. The minimum atomic E-state index is -0.570. The lowest BCUT2D eigenvalue weighted by molar-refractivity contribution is 0.191. The maximum atomic E-state index is 10.1. The topological polar surface area (TPSA) is 32.3 Å². The lowest BCUT2D eigenvalue weighted by Crippen LogP contribution is -2.12. The number of halogens is 1. The third kappa shape index (κ3) is 3.98. The smallest absolute Gasteiger partial charge is 0.0962 e. The van der Waals surface area contributed by atoms with Gasteiger partial charge >= 0.3 is 0 Å². The first-order chi connectivity index (χ1) is 9.04. The summed E-state index contributed by atoms with van der Waals surface area (Å²) in [6.07, 6.45) is -0.570. The molecular weight excluding hydrogens is 258 g/mol. The average Bonchev–Trinajstić information content (AvgIpc) is 2.35. The monoisotopic (exact) mass is 275 g/mol. The molecule has 100 valence electrons. The molecule has 2 rings (SSSR count). The summed E-state index contributed by atoms with van der Waals surface area (Å²) in [4.78, 5) is 0. The number of benzene rings is 2. The molecule has 0 aliphatic heterocycles. The Morgan fingerprint density at radius 3 is 2.42 bits per heavy atom. The Hall–Kier alpha value is -1.51. The van der Waals surface area contributed by atoms with Crippen LogP contribution in [0.25, 0.3) is 0 Å². The van der Waals surface area contributed by atoms with Crippen molar-refractivity contribution in [1.82, 2.24) is 0 Å². The van der Waals surface area contributed by atoms with E-state index in [0.717, 1.165) is 11.3 Å². The van der Waals surface area contributed by atoms with Crippen molar-refractivity contribution in [2.75, 3.05) is 11.9 Å². The molecule has 2 nitrogen and oxygen atoms in total. The second kappa shape index (κ2) is 6.09. The molecule has 0 aliphatic carbocycles. The van der Waals surface area contributed by atoms with Crippen LogP contribution in [0.2, 0.25) is 5.02 Å². The van der Waals surface area contributed by atoms with Gasteiger partial charge in [0.05, 0.1) is 6.10 Å². The van der Waals surface area contributed by atoms with Crippen molar-refractivity contribution in [3.05, 3.63) is 64.2 Å². The zero-order valence-electron chi connectivity index (χ0n) is 11.2. The fraction of sp³-hybridized carbons (Fsp3) is 0.250. The Balaban J connectivity index is 2.02. The Bertz CT molecular complexity index is 548. The summed E-state index contributed by atoms with van der Waals surface area (Å²) in [5, 5.41) is 14.0. The van der Waals surface area contributed by atoms with Crippen molar-refractivity contribution in [2.24, 2.45) is 0 Å². The van der Waals surface area contributed by atoms with Gasteiger partial charge in [0.25, 0.3) is 0 Å². The molecule has 0 saturated heterocycles. The number of aliphatic hydroxyl groups is 1. The SMILES string of the molecule is Cc1cc(C)cc(NCC(O)c2cccc(Cl)c2)c1. The molecule has 0 aromatic heterocycles. The summed E-state index contributed by atoms with van der Waals surface area (Å²) < 4.78 is 0. The van der Waals surface area contributed by atoms with Gasteiger partial charge in [0.1, 0.15) is 0 Å². The maximum absolute atomic E-state index is 10.1. The molecule has 0 fully saturated rings. The highest BCUT2D eigenvalue weighted by Crippen LogP contribution is 2.19. The third-order valence-corrected chi connectivity index (χ3v) is 3.19. The third-order valence-electron chi connectivity index (χ3n) is 2.95. The van der Waals surface area contributed by atoms with Gasteiger partial charge in [-0.2, -0.15) is 0 Å². The molecule has 2 N–H and O–H groups in total. The molecule has 0 radical (unpaired) electrons. The Morgan fingerprint density at radius 2 is 1.79 bits per heavy atom. The molecule has 0 bridgehead atoms. The zero-order chi connectivity index (χ0) is 13.8. The van der Waals surface area contributed by atoms with Crippen molar-refractivity contribution in [3.8, 4) is 0 Å². The summed E-state index contributed by atoms with van der Waals surface area (Å²) in [5.74, 6) is 0. The Morgan fingerprint density at radius 1 is 1.11 bits per heavy atom. The van der Waals surface area contributed by atoms with Crippen LogP contribution in [0, 0.1) is 13.8 Å². The van der Waals surface area contributed by atoms with Crippen LogP contribution in [-0.2, 0) is 0 Å². The second-order valence-corrected chi connectivity index (χ2v) is 5.26. The van der Waals surface area contributed by atoms with Crippen molar-refractivity contribution < 1.29 is 5.11 Å². The highest BCUT2D eigenvalue weighted by molar-refractivity contribution is 6.30. The maximum Gasteiger partial charge on any atom is 0.0962 e. The summed E-state index contributed by atoms with van der Waals surface area (Å²) in [6, 6.07) is 13.6. The molecule has 0 amide bonds. The van der Waals surface area contributed by atoms with Gasteiger partial charge in [-0.15, -0.1) is 0 Å². The number of anilines is 1. The largest absolute Gasteiger partial charge is 0.387 e. The molecule has 1 atom stereocenters. The van der Waals surface area contributed by atoms with E-state index in [1.54, 1.807) is 12.1 Å². The van der Waals surface area contributed by atoms with E-state index in [4.69, 9.17) is 11.6 Å². The molecule has 1 unspecified atom stereocenters. The van der Waals surface area contributed by atoms with Crippen molar-refractivity contribution >= 4 is 17.3 Å². The second-order valence-electron chi connectivity index (χ2n) is 4.83. The van der Waals surface area contributed by atoms with Crippen LogP contribution in [-0.4, -0.2) is 11.7 Å². The molecule has 2 aromatic carbocycles. The minimum absolute atomic E-state index is 0.462. The van der Waals surface area contributed by atoms with Crippen molar-refractivity contribution in [1.29, 1.82) is 0 Å². The lowest BCUT2D eigenvalue weighted by Gasteiger charge is -2.14. The van der Waals surface area contributed by atoms with E-state index in [-0.39, 0.29) is 0 Å². The van der Waals surface area contributed by atoms with Gasteiger partial charge in [0.2, 0.25) is 0 Å². The van der Waals surface area contributed by atoms with Crippen LogP contribution >= 0.6 is 11.6 Å². The van der Waals surface area contributed by atoms with Gasteiger partial charge < -0.3 is 10.4 Å². The number of nitrogens with one attached hydrogen (secondary N) is 1. The van der Waals surface area contributed by atoms with E-state index in [0.29, 0.717) is 11.6 Å². The van der Waals surface area contributed by atoms with Crippen LogP contribution in [0.15, 0.2) is 42.5 Å². The van der Waals surface area contributed by atoms with Crippen LogP contribution in [0.3, 0.4) is 0 Å². The molecule has 0 heterocycles. The summed E-state index contributed by atoms with van der Waals surface area (Å²) >= 11 is 5.92. The van der Waals surface area contributed by atoms with E-state index in [1.165, 1.54) is 11.1 Å². The number of hydrogen-bond donors (Lipinski definition) is 2. The molecule has 0 spiro atoms. The Labute approximate surface area is 119 Å². The predicted molar refractivity (Wildman–Crippen MR) is 80.8 cm³/mol. The van der Waals surface area contributed by atoms with Gasteiger partial charge in [-0.25, -0.2) is 0 Å². The summed E-state index contributed by atoms with van der Waals surface area (Å²) in [6.45, 7) is 4.58. The van der Waals surface area contributed by atoms with Crippen molar-refractivity contribution in [2.45, 2.75) is 20.0 Å². The van der Waals surface area contributed by atoms with Gasteiger partial charge in [-0.05, 0) is 54.8 Å². The fourth-order valence-electron chi connectivity index (χ4n) is 2.12. The minimum Gasteiger partial charge on any atom is -0.387 e. The van der Waals surface area contributed by atoms with E-state index in [9.17, 15) is 5.11 Å². The number of aryl methyl sites for hydroxylation is 2. The van der Waals surface area contributed by atoms with Gasteiger partial charge in [0.15, 0.2) is 0 Å². The molecule has 19 heavy (non-hydrogen) atoms. The fourth-order valence-corrected chi connectivity index (χ4v) is 2.32. The van der Waals surface area contributed by atoms with Gasteiger partial charge in [0, 0.05) is 17.3 Å². The van der Waals surface area contributed by atoms with Gasteiger partial charge in [-0.3, -0.25) is 0 Å². The number of rotatable bonds is 4. The quantitative estimate of drug-likeness (QED) is 0.880. The van der Waals surface area contributed by atoms with E-state index in [1.807, 2.05) is 12.1 Å². The van der Waals surface area contributed by atoms with Crippen LogP contribution in [0.4, 0.5) is 5.69 Å². The molecule has 0 aliphatic rings. The molecule has 0 saturated carbocycles.